The first-order valence-corrected chi connectivity index (χ1v) is 8.53. The van der Waals surface area contributed by atoms with E-state index >= 15 is 0 Å². The first kappa shape index (κ1) is 16.4. The largest absolute Gasteiger partial charge is 0.387 e. The number of rotatable bonds is 4. The Morgan fingerprint density at radius 2 is 2.13 bits per heavy atom. The Balaban J connectivity index is 1.73. The molecule has 23 heavy (non-hydrogen) atoms. The minimum absolute atomic E-state index is 0.165. The van der Waals surface area contributed by atoms with Crippen LogP contribution < -0.4 is 4.90 Å². The standard InChI is InChI=1S/C18H26N2O3/c1-3-18(22)20-13(2)10-15-11-14(4-5-16(15)20)17(21)12-19-6-8-23-9-7-19/h4-5,11,13,17,21H,3,6-10,12H2,1-2H3/t13-,17-/m0/s1. The number of hydrogen-bond donors (Lipinski definition) is 1. The quantitative estimate of drug-likeness (QED) is 0.919. The molecule has 2 heterocycles. The van der Waals surface area contributed by atoms with Crippen molar-refractivity contribution in [1.29, 1.82) is 0 Å². The topological polar surface area (TPSA) is 53.0 Å². The molecule has 0 bridgehead atoms. The fourth-order valence-corrected chi connectivity index (χ4v) is 3.54. The van der Waals surface area contributed by atoms with Crippen LogP contribution >= 0.6 is 0 Å². The van der Waals surface area contributed by atoms with Crippen LogP contribution in [0.5, 0.6) is 0 Å². The number of carbonyl (C=O) groups is 1. The van der Waals surface area contributed by atoms with Gasteiger partial charge in [0, 0.05) is 37.8 Å². The Kier molecular flexibility index (Phi) is 4.99. The van der Waals surface area contributed by atoms with E-state index in [0.29, 0.717) is 13.0 Å². The number of carbonyl (C=O) groups excluding carboxylic acids is 1. The molecule has 1 saturated heterocycles. The molecule has 1 amide bonds. The Hall–Kier alpha value is -1.43. The molecule has 1 N–H and O–H groups in total. The fourth-order valence-electron chi connectivity index (χ4n) is 3.54. The maximum atomic E-state index is 12.1. The second kappa shape index (κ2) is 6.99. The number of hydrogen-bond acceptors (Lipinski definition) is 4. The number of anilines is 1. The zero-order valence-corrected chi connectivity index (χ0v) is 14.0. The highest BCUT2D eigenvalue weighted by atomic mass is 16.5. The van der Waals surface area contributed by atoms with Crippen molar-refractivity contribution in [1.82, 2.24) is 4.90 Å². The van der Waals surface area contributed by atoms with Gasteiger partial charge < -0.3 is 14.7 Å². The van der Waals surface area contributed by atoms with Crippen molar-refractivity contribution in [2.75, 3.05) is 37.7 Å². The zero-order chi connectivity index (χ0) is 16.4. The average Bonchev–Trinajstić information content (AvgIpc) is 2.90. The summed E-state index contributed by atoms with van der Waals surface area (Å²) in [5.41, 5.74) is 3.11. The summed E-state index contributed by atoms with van der Waals surface area (Å²) in [6.07, 6.45) is 0.884. The summed E-state index contributed by atoms with van der Waals surface area (Å²) in [6, 6.07) is 6.21. The van der Waals surface area contributed by atoms with Crippen LogP contribution in [-0.4, -0.2) is 54.8 Å². The van der Waals surface area contributed by atoms with E-state index in [9.17, 15) is 9.90 Å². The lowest BCUT2D eigenvalue weighted by Crippen LogP contribution is -2.38. The molecular weight excluding hydrogens is 292 g/mol. The average molecular weight is 318 g/mol. The van der Waals surface area contributed by atoms with Gasteiger partial charge in [0.1, 0.15) is 0 Å². The predicted octanol–water partition coefficient (Wildman–Crippen LogP) is 1.74. The maximum absolute atomic E-state index is 12.1. The van der Waals surface area contributed by atoms with Gasteiger partial charge in [0.15, 0.2) is 0 Å². The van der Waals surface area contributed by atoms with Gasteiger partial charge in [-0.3, -0.25) is 9.69 Å². The van der Waals surface area contributed by atoms with Gasteiger partial charge >= 0.3 is 0 Å². The number of amides is 1. The Morgan fingerprint density at radius 3 is 2.83 bits per heavy atom. The number of benzene rings is 1. The lowest BCUT2D eigenvalue weighted by molar-refractivity contribution is -0.118. The van der Waals surface area contributed by atoms with Gasteiger partial charge in [-0.25, -0.2) is 0 Å². The molecule has 1 aromatic carbocycles. The van der Waals surface area contributed by atoms with Crippen LogP contribution in [0.15, 0.2) is 18.2 Å². The molecule has 2 atom stereocenters. The van der Waals surface area contributed by atoms with Crippen molar-refractivity contribution in [3.8, 4) is 0 Å². The summed E-state index contributed by atoms with van der Waals surface area (Å²) in [5.74, 6) is 0.165. The van der Waals surface area contributed by atoms with Crippen LogP contribution in [-0.2, 0) is 16.0 Å². The molecule has 0 radical (unpaired) electrons. The number of nitrogens with zero attached hydrogens (tertiary/aromatic N) is 2. The van der Waals surface area contributed by atoms with Gasteiger partial charge in [-0.1, -0.05) is 19.1 Å². The molecule has 2 aliphatic heterocycles. The van der Waals surface area contributed by atoms with Crippen LogP contribution in [0.3, 0.4) is 0 Å². The highest BCUT2D eigenvalue weighted by Gasteiger charge is 2.30. The molecule has 126 valence electrons. The van der Waals surface area contributed by atoms with Crippen molar-refractivity contribution in [2.24, 2.45) is 0 Å². The number of fused-ring (bicyclic) bond motifs is 1. The number of aliphatic hydroxyl groups is 1. The molecule has 0 aliphatic carbocycles. The summed E-state index contributed by atoms with van der Waals surface area (Å²) in [6.45, 7) is 7.83. The van der Waals surface area contributed by atoms with Gasteiger partial charge in [-0.15, -0.1) is 0 Å². The molecule has 1 aromatic rings. The first-order valence-electron chi connectivity index (χ1n) is 8.53. The summed E-state index contributed by atoms with van der Waals surface area (Å²) in [5, 5.41) is 10.5. The van der Waals surface area contributed by atoms with Crippen LogP contribution in [0.1, 0.15) is 37.5 Å². The molecule has 0 spiro atoms. The van der Waals surface area contributed by atoms with Crippen LogP contribution in [0.4, 0.5) is 5.69 Å². The lowest BCUT2D eigenvalue weighted by Gasteiger charge is -2.28. The van der Waals surface area contributed by atoms with Crippen LogP contribution in [0.2, 0.25) is 0 Å². The number of ether oxygens (including phenoxy) is 1. The van der Waals surface area contributed by atoms with Gasteiger partial charge in [0.25, 0.3) is 0 Å². The lowest BCUT2D eigenvalue weighted by atomic mass is 10.0. The molecular formula is C18H26N2O3. The SMILES string of the molecule is CCC(=O)N1c2ccc([C@@H](O)CN3CCOCC3)cc2C[C@@H]1C. The third-order valence-corrected chi connectivity index (χ3v) is 4.81. The summed E-state index contributed by atoms with van der Waals surface area (Å²) in [7, 11) is 0. The van der Waals surface area contributed by atoms with Crippen LogP contribution in [0, 0.1) is 0 Å². The van der Waals surface area contributed by atoms with Crippen molar-refractivity contribution in [3.63, 3.8) is 0 Å². The van der Waals surface area contributed by atoms with Gasteiger partial charge in [-0.05, 0) is 30.5 Å². The maximum Gasteiger partial charge on any atom is 0.226 e. The third-order valence-electron chi connectivity index (χ3n) is 4.81. The minimum Gasteiger partial charge on any atom is -0.387 e. The molecule has 3 rings (SSSR count). The Labute approximate surface area is 137 Å². The van der Waals surface area contributed by atoms with E-state index in [-0.39, 0.29) is 11.9 Å². The van der Waals surface area contributed by atoms with Gasteiger partial charge in [0.2, 0.25) is 5.91 Å². The van der Waals surface area contributed by atoms with E-state index in [1.807, 2.05) is 24.0 Å². The van der Waals surface area contributed by atoms with E-state index in [2.05, 4.69) is 17.9 Å². The van der Waals surface area contributed by atoms with Crippen molar-refractivity contribution in [2.45, 2.75) is 38.8 Å². The van der Waals surface area contributed by atoms with E-state index in [1.54, 1.807) is 0 Å². The second-order valence-electron chi connectivity index (χ2n) is 6.49. The summed E-state index contributed by atoms with van der Waals surface area (Å²) < 4.78 is 5.34. The summed E-state index contributed by atoms with van der Waals surface area (Å²) in [4.78, 5) is 16.3. The molecule has 5 heteroatoms. The monoisotopic (exact) mass is 318 g/mol. The zero-order valence-electron chi connectivity index (χ0n) is 14.0. The predicted molar refractivity (Wildman–Crippen MR) is 89.6 cm³/mol. The first-order chi connectivity index (χ1) is 11.1. The second-order valence-corrected chi connectivity index (χ2v) is 6.49. The summed E-state index contributed by atoms with van der Waals surface area (Å²) >= 11 is 0. The Morgan fingerprint density at radius 1 is 1.39 bits per heavy atom. The van der Waals surface area contributed by atoms with Crippen LogP contribution in [0.25, 0.3) is 0 Å². The molecule has 1 fully saturated rings. The smallest absolute Gasteiger partial charge is 0.226 e. The van der Waals surface area contributed by atoms with E-state index in [4.69, 9.17) is 4.74 Å². The number of β-amino-alcohol motifs (C(OH)–C–C–N with tert-alkyl or cyclic N) is 1. The van der Waals surface area contributed by atoms with Crippen molar-refractivity contribution < 1.29 is 14.6 Å². The Bertz CT molecular complexity index is 569. The van der Waals surface area contributed by atoms with E-state index < -0.39 is 6.10 Å². The molecule has 0 saturated carbocycles. The molecule has 5 nitrogen and oxygen atoms in total. The third kappa shape index (κ3) is 3.42. The number of aliphatic hydroxyl groups excluding tert-OH is 1. The number of morpholine rings is 1. The van der Waals surface area contributed by atoms with Gasteiger partial charge in [0.05, 0.1) is 19.3 Å². The normalized spacial score (nSPS) is 22.9. The minimum atomic E-state index is -0.496. The van der Waals surface area contributed by atoms with Gasteiger partial charge in [-0.2, -0.15) is 0 Å². The highest BCUT2D eigenvalue weighted by Crippen LogP contribution is 2.34. The van der Waals surface area contributed by atoms with Crippen molar-refractivity contribution in [3.05, 3.63) is 29.3 Å². The van der Waals surface area contributed by atoms with Crippen molar-refractivity contribution >= 4 is 11.6 Å². The molecule has 2 aliphatic rings. The molecule has 0 unspecified atom stereocenters. The van der Waals surface area contributed by atoms with E-state index in [0.717, 1.165) is 49.5 Å². The molecule has 0 aromatic heterocycles. The van der Waals surface area contributed by atoms with E-state index in [1.165, 1.54) is 0 Å². The fraction of sp³-hybridized carbons (Fsp3) is 0.611. The highest BCUT2D eigenvalue weighted by molar-refractivity contribution is 5.96.